The van der Waals surface area contributed by atoms with Crippen LogP contribution in [0.25, 0.3) is 0 Å². The lowest BCUT2D eigenvalue weighted by molar-refractivity contribution is 0.184. The molecule has 1 aromatic heterocycles. The fraction of sp³-hybridized carbons (Fsp3) is 0.312. The summed E-state index contributed by atoms with van der Waals surface area (Å²) in [6.07, 6.45) is 1.76. The Bertz CT molecular complexity index is 558. The van der Waals surface area contributed by atoms with Crippen molar-refractivity contribution < 1.29 is 9.47 Å². The molecule has 2 aromatic rings. The molecule has 0 amide bonds. The molecule has 0 bridgehead atoms. The Balaban J connectivity index is 2.15. The molecule has 0 radical (unpaired) electrons. The average molecular weight is 272 g/mol. The first kappa shape index (κ1) is 14.5. The van der Waals surface area contributed by atoms with E-state index in [0.717, 1.165) is 16.9 Å². The quantitative estimate of drug-likeness (QED) is 0.876. The molecule has 2 rings (SSSR count). The number of hydrogen-bond acceptors (Lipinski definition) is 4. The topological polar surface area (TPSA) is 43.4 Å². The van der Waals surface area contributed by atoms with Crippen LogP contribution in [0.1, 0.15) is 24.1 Å². The van der Waals surface area contributed by atoms with Crippen molar-refractivity contribution in [1.82, 2.24) is 10.3 Å². The monoisotopic (exact) mass is 272 g/mol. The maximum Gasteiger partial charge on any atom is 0.219 e. The van der Waals surface area contributed by atoms with Crippen LogP contribution in [0, 0.1) is 0 Å². The van der Waals surface area contributed by atoms with Gasteiger partial charge in [0, 0.05) is 25.4 Å². The molecular weight excluding hydrogens is 252 g/mol. The summed E-state index contributed by atoms with van der Waals surface area (Å²) in [6, 6.07) is 12.0. The Morgan fingerprint density at radius 3 is 2.85 bits per heavy atom. The highest BCUT2D eigenvalue weighted by Crippen LogP contribution is 2.23. The maximum atomic E-state index is 5.81. The van der Waals surface area contributed by atoms with E-state index in [9.17, 15) is 0 Å². The van der Waals surface area contributed by atoms with Crippen LogP contribution in [-0.4, -0.2) is 19.1 Å². The van der Waals surface area contributed by atoms with E-state index in [1.165, 1.54) is 0 Å². The summed E-state index contributed by atoms with van der Waals surface area (Å²) in [5.41, 5.74) is 2.22. The summed E-state index contributed by atoms with van der Waals surface area (Å²) in [6.45, 7) is 2.67. The first-order valence-corrected chi connectivity index (χ1v) is 6.62. The molecule has 1 atom stereocenters. The lowest BCUT2D eigenvalue weighted by Gasteiger charge is -2.12. The van der Waals surface area contributed by atoms with Crippen molar-refractivity contribution in [3.63, 3.8) is 0 Å². The third-order valence-electron chi connectivity index (χ3n) is 3.12. The van der Waals surface area contributed by atoms with E-state index < -0.39 is 0 Å². The maximum absolute atomic E-state index is 5.81. The Morgan fingerprint density at radius 1 is 1.25 bits per heavy atom. The van der Waals surface area contributed by atoms with E-state index in [1.54, 1.807) is 13.3 Å². The molecule has 0 saturated carbocycles. The molecule has 1 unspecified atom stereocenters. The second-order valence-corrected chi connectivity index (χ2v) is 4.62. The number of nitrogens with zero attached hydrogens (tertiary/aromatic N) is 1. The molecule has 0 aliphatic rings. The number of hydrogen-bond donors (Lipinski definition) is 1. The summed E-state index contributed by atoms with van der Waals surface area (Å²) in [4.78, 5) is 4.25. The lowest BCUT2D eigenvalue weighted by Crippen LogP contribution is -2.12. The fourth-order valence-electron chi connectivity index (χ4n) is 1.90. The van der Waals surface area contributed by atoms with Gasteiger partial charge in [0.1, 0.15) is 5.75 Å². The van der Waals surface area contributed by atoms with Gasteiger partial charge in [-0.15, -0.1) is 0 Å². The van der Waals surface area contributed by atoms with Gasteiger partial charge in [0.2, 0.25) is 5.88 Å². The predicted octanol–water partition coefficient (Wildman–Crippen LogP) is 3.30. The lowest BCUT2D eigenvalue weighted by atomic mass is 10.1. The SMILES string of the molecule is CNC(C)c1ccnc(Oc2cccc(COC)c2)c1. The average Bonchev–Trinajstić information content (AvgIpc) is 2.47. The molecule has 4 heteroatoms. The Morgan fingerprint density at radius 2 is 2.10 bits per heavy atom. The van der Waals surface area contributed by atoms with Crippen LogP contribution in [0.15, 0.2) is 42.6 Å². The van der Waals surface area contributed by atoms with Gasteiger partial charge in [0.15, 0.2) is 0 Å². The van der Waals surface area contributed by atoms with Gasteiger partial charge in [-0.3, -0.25) is 0 Å². The van der Waals surface area contributed by atoms with E-state index in [2.05, 4.69) is 17.2 Å². The zero-order valence-corrected chi connectivity index (χ0v) is 12.1. The minimum atomic E-state index is 0.264. The van der Waals surface area contributed by atoms with Gasteiger partial charge in [0.05, 0.1) is 6.61 Å². The van der Waals surface area contributed by atoms with Crippen molar-refractivity contribution in [2.24, 2.45) is 0 Å². The van der Waals surface area contributed by atoms with Gasteiger partial charge in [-0.2, -0.15) is 0 Å². The molecule has 1 aromatic carbocycles. The van der Waals surface area contributed by atoms with Crippen LogP contribution in [0.5, 0.6) is 11.6 Å². The number of pyridine rings is 1. The van der Waals surface area contributed by atoms with Crippen LogP contribution in [0.3, 0.4) is 0 Å². The molecule has 0 aliphatic carbocycles. The van der Waals surface area contributed by atoms with Crippen molar-refractivity contribution in [2.45, 2.75) is 19.6 Å². The molecule has 1 heterocycles. The first-order chi connectivity index (χ1) is 9.72. The standard InChI is InChI=1S/C16H20N2O2/c1-12(17-2)14-7-8-18-16(10-14)20-15-6-4-5-13(9-15)11-19-3/h4-10,12,17H,11H2,1-3H3. The van der Waals surface area contributed by atoms with Crippen molar-refractivity contribution in [3.8, 4) is 11.6 Å². The van der Waals surface area contributed by atoms with E-state index in [0.29, 0.717) is 12.5 Å². The number of aromatic nitrogens is 1. The fourth-order valence-corrected chi connectivity index (χ4v) is 1.90. The van der Waals surface area contributed by atoms with Gasteiger partial charge in [-0.25, -0.2) is 4.98 Å². The van der Waals surface area contributed by atoms with E-state index >= 15 is 0 Å². The predicted molar refractivity (Wildman–Crippen MR) is 78.9 cm³/mol. The summed E-state index contributed by atoms with van der Waals surface area (Å²) in [5.74, 6) is 1.36. The Labute approximate surface area is 119 Å². The molecule has 20 heavy (non-hydrogen) atoms. The van der Waals surface area contributed by atoms with Crippen LogP contribution < -0.4 is 10.1 Å². The van der Waals surface area contributed by atoms with Crippen LogP contribution in [0.2, 0.25) is 0 Å². The van der Waals surface area contributed by atoms with Gasteiger partial charge in [-0.1, -0.05) is 12.1 Å². The zero-order valence-electron chi connectivity index (χ0n) is 12.1. The summed E-state index contributed by atoms with van der Waals surface area (Å²) in [5, 5.41) is 3.20. The van der Waals surface area contributed by atoms with E-state index in [1.807, 2.05) is 43.4 Å². The molecule has 106 valence electrons. The number of nitrogens with one attached hydrogen (secondary N) is 1. The normalized spacial score (nSPS) is 12.2. The highest BCUT2D eigenvalue weighted by molar-refractivity contribution is 5.32. The minimum absolute atomic E-state index is 0.264. The second kappa shape index (κ2) is 7.03. The number of ether oxygens (including phenoxy) is 2. The third-order valence-corrected chi connectivity index (χ3v) is 3.12. The number of methoxy groups -OCH3 is 1. The number of rotatable bonds is 6. The molecule has 0 spiro atoms. The minimum Gasteiger partial charge on any atom is -0.439 e. The van der Waals surface area contributed by atoms with Gasteiger partial charge in [0.25, 0.3) is 0 Å². The summed E-state index contributed by atoms with van der Waals surface area (Å²) in [7, 11) is 3.61. The molecule has 0 fully saturated rings. The molecule has 0 aliphatic heterocycles. The van der Waals surface area contributed by atoms with Crippen molar-refractivity contribution >= 4 is 0 Å². The number of benzene rings is 1. The molecular formula is C16H20N2O2. The van der Waals surface area contributed by atoms with E-state index in [4.69, 9.17) is 9.47 Å². The molecule has 0 saturated heterocycles. The van der Waals surface area contributed by atoms with Crippen molar-refractivity contribution in [3.05, 3.63) is 53.7 Å². The van der Waals surface area contributed by atoms with Crippen molar-refractivity contribution in [2.75, 3.05) is 14.2 Å². The van der Waals surface area contributed by atoms with Crippen LogP contribution >= 0.6 is 0 Å². The Kier molecular flexibility index (Phi) is 5.09. The van der Waals surface area contributed by atoms with Gasteiger partial charge in [-0.05, 0) is 43.3 Å². The summed E-state index contributed by atoms with van der Waals surface area (Å²) < 4.78 is 10.9. The van der Waals surface area contributed by atoms with Crippen LogP contribution in [0.4, 0.5) is 0 Å². The smallest absolute Gasteiger partial charge is 0.219 e. The van der Waals surface area contributed by atoms with Crippen molar-refractivity contribution in [1.29, 1.82) is 0 Å². The largest absolute Gasteiger partial charge is 0.439 e. The van der Waals surface area contributed by atoms with Crippen LogP contribution in [-0.2, 0) is 11.3 Å². The van der Waals surface area contributed by atoms with Gasteiger partial charge < -0.3 is 14.8 Å². The first-order valence-electron chi connectivity index (χ1n) is 6.62. The third kappa shape index (κ3) is 3.79. The highest BCUT2D eigenvalue weighted by atomic mass is 16.5. The van der Waals surface area contributed by atoms with Gasteiger partial charge >= 0.3 is 0 Å². The zero-order chi connectivity index (χ0) is 14.4. The Hall–Kier alpha value is -1.91. The molecule has 1 N–H and O–H groups in total. The summed E-state index contributed by atoms with van der Waals surface area (Å²) >= 11 is 0. The molecule has 4 nitrogen and oxygen atoms in total. The second-order valence-electron chi connectivity index (χ2n) is 4.62. The van der Waals surface area contributed by atoms with E-state index in [-0.39, 0.29) is 6.04 Å². The highest BCUT2D eigenvalue weighted by Gasteiger charge is 2.06.